The summed E-state index contributed by atoms with van der Waals surface area (Å²) in [7, 11) is 0. The quantitative estimate of drug-likeness (QED) is 0.456. The lowest BCUT2D eigenvalue weighted by Crippen LogP contribution is -1.84. The minimum Gasteiger partial charge on any atom is -0.158 e. The molecule has 0 N–H and O–H groups in total. The van der Waals surface area contributed by atoms with E-state index in [0.29, 0.717) is 5.25 Å². The van der Waals surface area contributed by atoms with Crippen LogP contribution in [0.4, 0.5) is 0 Å². The van der Waals surface area contributed by atoms with Crippen molar-refractivity contribution in [2.24, 2.45) is 0 Å². The molecule has 0 fully saturated rings. The van der Waals surface area contributed by atoms with E-state index in [2.05, 4.69) is 31.6 Å². The summed E-state index contributed by atoms with van der Waals surface area (Å²) >= 11 is 1.82. The van der Waals surface area contributed by atoms with Gasteiger partial charge < -0.3 is 0 Å². The van der Waals surface area contributed by atoms with Gasteiger partial charge in [0.25, 0.3) is 0 Å². The van der Waals surface area contributed by atoms with Gasteiger partial charge in [0.1, 0.15) is 0 Å². The molecule has 0 aliphatic heterocycles. The van der Waals surface area contributed by atoms with Crippen LogP contribution in [0.15, 0.2) is 42.7 Å². The first-order chi connectivity index (χ1) is 5.31. The van der Waals surface area contributed by atoms with Gasteiger partial charge in [-0.05, 0) is 25.3 Å². The zero-order valence-corrected chi connectivity index (χ0v) is 7.90. The van der Waals surface area contributed by atoms with Crippen molar-refractivity contribution in [3.05, 3.63) is 42.7 Å². The van der Waals surface area contributed by atoms with Gasteiger partial charge in [-0.3, -0.25) is 0 Å². The van der Waals surface area contributed by atoms with Gasteiger partial charge in [-0.25, -0.2) is 0 Å². The first kappa shape index (κ1) is 10.3. The Labute approximate surface area is 73.4 Å². The van der Waals surface area contributed by atoms with Crippen molar-refractivity contribution in [2.75, 3.05) is 6.26 Å². The number of hydrogen-bond donors (Lipinski definition) is 0. The number of rotatable bonds is 4. The summed E-state index contributed by atoms with van der Waals surface area (Å²) in [5.41, 5.74) is 2.95. The molecule has 60 valence electrons. The van der Waals surface area contributed by atoms with Crippen LogP contribution >= 0.6 is 11.8 Å². The minimum absolute atomic E-state index is 0.580. The van der Waals surface area contributed by atoms with E-state index in [0.717, 1.165) is 0 Å². The first-order valence-corrected chi connectivity index (χ1v) is 4.83. The maximum absolute atomic E-state index is 3.54. The Hall–Kier alpha value is -0.650. The molecular weight excluding hydrogens is 152 g/mol. The minimum atomic E-state index is 0.580. The Morgan fingerprint density at radius 1 is 1.45 bits per heavy atom. The van der Waals surface area contributed by atoms with Crippen molar-refractivity contribution in [2.45, 2.75) is 12.2 Å². The second-order valence-corrected chi connectivity index (χ2v) is 3.28. The monoisotopic (exact) mass is 166 g/mol. The molecule has 0 heterocycles. The molecule has 1 unspecified atom stereocenters. The van der Waals surface area contributed by atoms with Gasteiger partial charge in [-0.1, -0.05) is 24.8 Å². The first-order valence-electron chi connectivity index (χ1n) is 3.54. The highest BCUT2D eigenvalue weighted by Gasteiger charge is 1.87. The molecule has 0 spiro atoms. The zero-order valence-electron chi connectivity index (χ0n) is 7.08. The number of allylic oxidation sites excluding steroid dienone is 3. The van der Waals surface area contributed by atoms with Crippen LogP contribution in [0.5, 0.6) is 0 Å². The normalized spacial score (nSPS) is 12.2. The number of hydrogen-bond acceptors (Lipinski definition) is 1. The van der Waals surface area contributed by atoms with E-state index in [-0.39, 0.29) is 0 Å². The zero-order chi connectivity index (χ0) is 8.53. The summed E-state index contributed by atoms with van der Waals surface area (Å²) in [4.78, 5) is 0. The van der Waals surface area contributed by atoms with Crippen molar-refractivity contribution in [3.63, 3.8) is 0 Å². The predicted molar refractivity (Wildman–Crippen MR) is 55.0 cm³/mol. The average Bonchev–Trinajstić information content (AvgIpc) is 2.04. The summed E-state index contributed by atoms with van der Waals surface area (Å²) in [6.07, 6.45) is 11.6. The summed E-state index contributed by atoms with van der Waals surface area (Å²) in [6.45, 7) is 5.70. The van der Waals surface area contributed by atoms with Gasteiger partial charge in [0.05, 0.1) is 0 Å². The van der Waals surface area contributed by atoms with Crippen molar-refractivity contribution < 1.29 is 0 Å². The molecule has 0 radical (unpaired) electrons. The van der Waals surface area contributed by atoms with Gasteiger partial charge in [0.15, 0.2) is 0 Å². The fourth-order valence-electron chi connectivity index (χ4n) is 0.470. The molecule has 0 bridgehead atoms. The second kappa shape index (κ2) is 7.46. The van der Waals surface area contributed by atoms with Crippen LogP contribution in [-0.2, 0) is 0 Å². The van der Waals surface area contributed by atoms with Crippen molar-refractivity contribution in [1.29, 1.82) is 0 Å². The lowest BCUT2D eigenvalue weighted by atomic mass is 10.4. The summed E-state index contributed by atoms with van der Waals surface area (Å²) < 4.78 is 0. The molecule has 1 atom stereocenters. The SMILES string of the molecule is C=CC=C=C/C=C\C(C)SC. The molecule has 0 aromatic heterocycles. The van der Waals surface area contributed by atoms with Gasteiger partial charge in [0.2, 0.25) is 0 Å². The van der Waals surface area contributed by atoms with Crippen molar-refractivity contribution in [3.8, 4) is 0 Å². The molecular formula is C10H14S. The van der Waals surface area contributed by atoms with E-state index in [1.54, 1.807) is 12.2 Å². The maximum Gasteiger partial charge on any atom is 0.0199 e. The third-order valence-electron chi connectivity index (χ3n) is 1.16. The Kier molecular flexibility index (Phi) is 7.02. The van der Waals surface area contributed by atoms with Crippen LogP contribution in [-0.4, -0.2) is 11.5 Å². The van der Waals surface area contributed by atoms with Crippen LogP contribution in [0, 0.1) is 0 Å². The van der Waals surface area contributed by atoms with E-state index in [9.17, 15) is 0 Å². The fourth-order valence-corrected chi connectivity index (χ4v) is 0.718. The van der Waals surface area contributed by atoms with Gasteiger partial charge >= 0.3 is 0 Å². The van der Waals surface area contributed by atoms with Crippen molar-refractivity contribution >= 4 is 11.8 Å². The molecule has 0 saturated heterocycles. The molecule has 0 aromatic carbocycles. The van der Waals surface area contributed by atoms with Gasteiger partial charge in [-0.2, -0.15) is 11.8 Å². The van der Waals surface area contributed by atoms with Gasteiger partial charge in [0, 0.05) is 5.25 Å². The van der Waals surface area contributed by atoms with Crippen LogP contribution in [0.3, 0.4) is 0 Å². The molecule has 0 nitrogen and oxygen atoms in total. The molecule has 0 aliphatic carbocycles. The third kappa shape index (κ3) is 7.24. The topological polar surface area (TPSA) is 0 Å². The lowest BCUT2D eigenvalue weighted by molar-refractivity contribution is 1.25. The Balaban J connectivity index is 3.76. The van der Waals surface area contributed by atoms with Crippen LogP contribution in [0.1, 0.15) is 6.92 Å². The molecule has 0 rings (SSSR count). The highest BCUT2D eigenvalue weighted by Crippen LogP contribution is 2.05. The van der Waals surface area contributed by atoms with Gasteiger partial charge in [-0.15, -0.1) is 5.73 Å². The summed E-state index contributed by atoms with van der Waals surface area (Å²) in [5, 5.41) is 0.580. The largest absolute Gasteiger partial charge is 0.158 e. The van der Waals surface area contributed by atoms with Crippen molar-refractivity contribution in [1.82, 2.24) is 0 Å². The van der Waals surface area contributed by atoms with E-state index in [4.69, 9.17) is 0 Å². The predicted octanol–water partition coefficient (Wildman–Crippen LogP) is 3.19. The highest BCUT2D eigenvalue weighted by atomic mass is 32.2. The Bertz CT molecular complexity index is 183. The van der Waals surface area contributed by atoms with E-state index in [1.807, 2.05) is 23.9 Å². The maximum atomic E-state index is 3.54. The molecule has 11 heavy (non-hydrogen) atoms. The smallest absolute Gasteiger partial charge is 0.0199 e. The molecule has 0 amide bonds. The Morgan fingerprint density at radius 3 is 2.73 bits per heavy atom. The average molecular weight is 166 g/mol. The summed E-state index contributed by atoms with van der Waals surface area (Å²) in [5.74, 6) is 0. The van der Waals surface area contributed by atoms with Crippen LogP contribution in [0.2, 0.25) is 0 Å². The van der Waals surface area contributed by atoms with Crippen LogP contribution in [0.25, 0.3) is 0 Å². The van der Waals surface area contributed by atoms with E-state index >= 15 is 0 Å². The molecule has 0 saturated carbocycles. The third-order valence-corrected chi connectivity index (χ3v) is 2.06. The Morgan fingerprint density at radius 2 is 2.18 bits per heavy atom. The molecule has 0 aliphatic rings. The summed E-state index contributed by atoms with van der Waals surface area (Å²) in [6, 6.07) is 0. The van der Waals surface area contributed by atoms with E-state index in [1.165, 1.54) is 0 Å². The highest BCUT2D eigenvalue weighted by molar-refractivity contribution is 7.99. The second-order valence-electron chi connectivity index (χ2n) is 2.06. The standard InChI is InChI=1S/C10H14S/c1-4-5-6-7-8-9-10(2)11-3/h4-5,7-10H,1H2,2-3H3/b9-8-. The van der Waals surface area contributed by atoms with Crippen LogP contribution < -0.4 is 0 Å². The fraction of sp³-hybridized carbons (Fsp3) is 0.300. The lowest BCUT2D eigenvalue weighted by Gasteiger charge is -1.95. The molecule has 0 aromatic rings. The molecule has 1 heteroatoms. The number of thioether (sulfide) groups is 1. The van der Waals surface area contributed by atoms with E-state index < -0.39 is 0 Å².